The van der Waals surface area contributed by atoms with Crippen LogP contribution in [0.3, 0.4) is 0 Å². The van der Waals surface area contributed by atoms with E-state index in [1.165, 1.54) is 6.20 Å². The Morgan fingerprint density at radius 1 is 1.25 bits per heavy atom. The highest BCUT2D eigenvalue weighted by molar-refractivity contribution is 5.94. The Morgan fingerprint density at radius 2 is 2.00 bits per heavy atom. The molecule has 2 aromatic rings. The van der Waals surface area contributed by atoms with Crippen molar-refractivity contribution in [3.63, 3.8) is 0 Å². The van der Waals surface area contributed by atoms with Gasteiger partial charge in [0.25, 0.3) is 5.91 Å². The summed E-state index contributed by atoms with van der Waals surface area (Å²) in [4.78, 5) is 15.9. The number of hydrogen-bond acceptors (Lipinski definition) is 3. The van der Waals surface area contributed by atoms with Gasteiger partial charge in [0.1, 0.15) is 0 Å². The summed E-state index contributed by atoms with van der Waals surface area (Å²) in [5, 5.41) is 12.9. The summed E-state index contributed by atoms with van der Waals surface area (Å²) in [5.41, 5.74) is 1.54. The normalized spacial score (nSPS) is 13.5. The van der Waals surface area contributed by atoms with Gasteiger partial charge in [0.2, 0.25) is 0 Å². The van der Waals surface area contributed by atoms with Crippen molar-refractivity contribution >= 4 is 5.91 Å². The zero-order valence-corrected chi connectivity index (χ0v) is 11.4. The van der Waals surface area contributed by atoms with E-state index >= 15 is 0 Å². The number of rotatable bonds is 5. The number of carbonyl (C=O) groups is 1. The fraction of sp³-hybridized carbons (Fsp3) is 0.250. The molecular formula is C16H18N2O2. The molecule has 0 saturated heterocycles. The topological polar surface area (TPSA) is 62.2 Å². The molecule has 2 N–H and O–H groups in total. The van der Waals surface area contributed by atoms with Crippen LogP contribution in [0.5, 0.6) is 0 Å². The highest BCUT2D eigenvalue weighted by Crippen LogP contribution is 2.06. The van der Waals surface area contributed by atoms with Gasteiger partial charge >= 0.3 is 0 Å². The first kappa shape index (κ1) is 14.2. The minimum Gasteiger partial charge on any atom is -0.391 e. The van der Waals surface area contributed by atoms with Crippen molar-refractivity contribution in [2.45, 2.75) is 25.5 Å². The number of hydrogen-bond donors (Lipinski definition) is 2. The number of aliphatic hydroxyl groups excluding tert-OH is 1. The van der Waals surface area contributed by atoms with Gasteiger partial charge in [-0.25, -0.2) is 0 Å². The summed E-state index contributed by atoms with van der Waals surface area (Å²) < 4.78 is 0. The minimum atomic E-state index is -0.627. The number of pyridine rings is 1. The highest BCUT2D eigenvalue weighted by Gasteiger charge is 2.17. The molecule has 0 aliphatic carbocycles. The largest absolute Gasteiger partial charge is 0.391 e. The van der Waals surface area contributed by atoms with Gasteiger partial charge in [0, 0.05) is 18.8 Å². The van der Waals surface area contributed by atoms with Crippen molar-refractivity contribution in [2.75, 3.05) is 0 Å². The molecule has 2 unspecified atom stereocenters. The van der Waals surface area contributed by atoms with E-state index in [0.717, 1.165) is 5.56 Å². The molecule has 2 atom stereocenters. The van der Waals surface area contributed by atoms with E-state index in [1.54, 1.807) is 25.3 Å². The molecule has 1 aromatic heterocycles. The van der Waals surface area contributed by atoms with Crippen molar-refractivity contribution in [1.29, 1.82) is 0 Å². The molecule has 4 nitrogen and oxygen atoms in total. The first-order chi connectivity index (χ1) is 9.66. The maximum Gasteiger partial charge on any atom is 0.253 e. The number of carbonyl (C=O) groups excluding carboxylic acids is 1. The van der Waals surface area contributed by atoms with Crippen molar-refractivity contribution in [3.8, 4) is 0 Å². The summed E-state index contributed by atoms with van der Waals surface area (Å²) in [5.74, 6) is -0.224. The van der Waals surface area contributed by atoms with Crippen molar-refractivity contribution in [1.82, 2.24) is 10.3 Å². The molecule has 0 spiro atoms. The summed E-state index contributed by atoms with van der Waals surface area (Å²) in [6, 6.07) is 12.8. The second kappa shape index (κ2) is 6.82. The molecule has 1 amide bonds. The number of nitrogens with one attached hydrogen (secondary N) is 1. The fourth-order valence-electron chi connectivity index (χ4n) is 1.92. The van der Waals surface area contributed by atoms with Gasteiger partial charge in [-0.1, -0.05) is 30.3 Å². The Morgan fingerprint density at radius 3 is 2.65 bits per heavy atom. The molecule has 0 radical (unpaired) electrons. The van der Waals surface area contributed by atoms with Gasteiger partial charge < -0.3 is 10.4 Å². The van der Waals surface area contributed by atoms with Crippen LogP contribution >= 0.6 is 0 Å². The third-order valence-electron chi connectivity index (χ3n) is 3.15. The van der Waals surface area contributed by atoms with E-state index in [0.29, 0.717) is 12.0 Å². The maximum absolute atomic E-state index is 11.9. The molecule has 1 aromatic carbocycles. The predicted molar refractivity (Wildman–Crippen MR) is 77.3 cm³/mol. The van der Waals surface area contributed by atoms with Gasteiger partial charge in [0.15, 0.2) is 0 Å². The molecule has 1 heterocycles. The van der Waals surface area contributed by atoms with Crippen molar-refractivity contribution < 1.29 is 9.90 Å². The highest BCUT2D eigenvalue weighted by atomic mass is 16.3. The van der Waals surface area contributed by atoms with Crippen molar-refractivity contribution in [2.24, 2.45) is 0 Å². The molecular weight excluding hydrogens is 252 g/mol. The molecule has 20 heavy (non-hydrogen) atoms. The zero-order valence-electron chi connectivity index (χ0n) is 11.4. The monoisotopic (exact) mass is 270 g/mol. The van der Waals surface area contributed by atoms with Crippen LogP contribution in [0, 0.1) is 0 Å². The van der Waals surface area contributed by atoms with Crippen LogP contribution in [0.25, 0.3) is 0 Å². The Balaban J connectivity index is 1.91. The molecule has 4 heteroatoms. The predicted octanol–water partition coefficient (Wildman–Crippen LogP) is 1.80. The number of amides is 1. The molecule has 0 bridgehead atoms. The Kier molecular flexibility index (Phi) is 4.85. The van der Waals surface area contributed by atoms with E-state index in [2.05, 4.69) is 10.3 Å². The van der Waals surface area contributed by atoms with Gasteiger partial charge in [-0.05, 0) is 24.6 Å². The Bertz CT molecular complexity index is 543. The average Bonchev–Trinajstić information content (AvgIpc) is 2.49. The average molecular weight is 270 g/mol. The van der Waals surface area contributed by atoms with Crippen molar-refractivity contribution in [3.05, 3.63) is 66.0 Å². The molecule has 2 rings (SSSR count). The van der Waals surface area contributed by atoms with Crippen LogP contribution < -0.4 is 5.32 Å². The molecule has 0 aliphatic rings. The van der Waals surface area contributed by atoms with Crippen LogP contribution in [0.2, 0.25) is 0 Å². The number of nitrogens with zero attached hydrogens (tertiary/aromatic N) is 1. The lowest BCUT2D eigenvalue weighted by Gasteiger charge is -2.20. The quantitative estimate of drug-likeness (QED) is 0.871. The summed E-state index contributed by atoms with van der Waals surface area (Å²) in [7, 11) is 0. The van der Waals surface area contributed by atoms with E-state index in [-0.39, 0.29) is 11.9 Å². The second-order valence-corrected chi connectivity index (χ2v) is 4.76. The SMILES string of the molecule is CC(NC(=O)c1cccnc1)C(O)Cc1ccccc1. The maximum atomic E-state index is 11.9. The molecule has 104 valence electrons. The lowest BCUT2D eigenvalue weighted by Crippen LogP contribution is -2.42. The van der Waals surface area contributed by atoms with E-state index < -0.39 is 6.10 Å². The van der Waals surface area contributed by atoms with Crippen LogP contribution in [-0.4, -0.2) is 28.1 Å². The minimum absolute atomic E-state index is 0.224. The van der Waals surface area contributed by atoms with Crippen LogP contribution in [0.1, 0.15) is 22.8 Å². The van der Waals surface area contributed by atoms with Crippen LogP contribution in [0.4, 0.5) is 0 Å². The lowest BCUT2D eigenvalue weighted by atomic mass is 10.0. The molecule has 0 saturated carbocycles. The Labute approximate surface area is 118 Å². The van der Waals surface area contributed by atoms with E-state index in [1.807, 2.05) is 30.3 Å². The van der Waals surface area contributed by atoms with Gasteiger partial charge in [-0.3, -0.25) is 9.78 Å². The summed E-state index contributed by atoms with van der Waals surface area (Å²) >= 11 is 0. The summed E-state index contributed by atoms with van der Waals surface area (Å²) in [6.07, 6.45) is 3.00. The number of aliphatic hydroxyl groups is 1. The third-order valence-corrected chi connectivity index (χ3v) is 3.15. The first-order valence-corrected chi connectivity index (χ1v) is 6.59. The van der Waals surface area contributed by atoms with Crippen LogP contribution in [0.15, 0.2) is 54.9 Å². The zero-order chi connectivity index (χ0) is 14.4. The number of benzene rings is 1. The van der Waals surface area contributed by atoms with Gasteiger partial charge in [0.05, 0.1) is 17.7 Å². The summed E-state index contributed by atoms with van der Waals surface area (Å²) in [6.45, 7) is 1.79. The van der Waals surface area contributed by atoms with Crippen LogP contribution in [-0.2, 0) is 6.42 Å². The van der Waals surface area contributed by atoms with E-state index in [4.69, 9.17) is 0 Å². The molecule has 0 fully saturated rings. The third kappa shape index (κ3) is 3.90. The van der Waals surface area contributed by atoms with E-state index in [9.17, 15) is 9.90 Å². The van der Waals surface area contributed by atoms with Gasteiger partial charge in [-0.2, -0.15) is 0 Å². The lowest BCUT2D eigenvalue weighted by molar-refractivity contribution is 0.0851. The standard InChI is InChI=1S/C16H18N2O2/c1-12(15(19)10-13-6-3-2-4-7-13)18-16(20)14-8-5-9-17-11-14/h2-9,11-12,15,19H,10H2,1H3,(H,18,20). The molecule has 0 aliphatic heterocycles. The Hall–Kier alpha value is -2.20. The first-order valence-electron chi connectivity index (χ1n) is 6.59. The fourth-order valence-corrected chi connectivity index (χ4v) is 1.92. The number of aromatic nitrogens is 1. The smallest absolute Gasteiger partial charge is 0.253 e. The second-order valence-electron chi connectivity index (χ2n) is 4.76. The van der Waals surface area contributed by atoms with Gasteiger partial charge in [-0.15, -0.1) is 0 Å².